The molecule has 0 amide bonds. The van der Waals surface area contributed by atoms with Crippen molar-refractivity contribution in [2.45, 2.75) is 32.4 Å². The molecule has 2 aromatic heterocycles. The van der Waals surface area contributed by atoms with Crippen molar-refractivity contribution in [1.82, 2.24) is 10.3 Å². The monoisotopic (exact) mass is 266 g/mol. The van der Waals surface area contributed by atoms with Crippen LogP contribution in [0.1, 0.15) is 26.0 Å². The van der Waals surface area contributed by atoms with E-state index >= 15 is 0 Å². The van der Waals surface area contributed by atoms with Crippen LogP contribution in [0.4, 0.5) is 0 Å². The van der Waals surface area contributed by atoms with E-state index in [1.807, 2.05) is 24.4 Å². The summed E-state index contributed by atoms with van der Waals surface area (Å²) in [7, 11) is 0. The van der Waals surface area contributed by atoms with Gasteiger partial charge in [-0.3, -0.25) is 0 Å². The zero-order chi connectivity index (χ0) is 13.0. The average molecular weight is 266 g/mol. The SMILES string of the molecule is CCC(C)(CO)NCc1csc(-c2ccco2)n1. The van der Waals surface area contributed by atoms with Gasteiger partial charge in [-0.1, -0.05) is 6.92 Å². The van der Waals surface area contributed by atoms with Crippen molar-refractivity contribution in [3.63, 3.8) is 0 Å². The fourth-order valence-corrected chi connectivity index (χ4v) is 2.28. The maximum Gasteiger partial charge on any atom is 0.162 e. The Morgan fingerprint density at radius 3 is 3.00 bits per heavy atom. The standard InChI is InChI=1S/C13H18N2O2S/c1-3-13(2,9-16)14-7-10-8-18-12(15-10)11-5-4-6-17-11/h4-6,8,14,16H,3,7,9H2,1-2H3. The minimum Gasteiger partial charge on any atom is -0.462 e. The van der Waals surface area contributed by atoms with Crippen molar-refractivity contribution in [3.05, 3.63) is 29.5 Å². The highest BCUT2D eigenvalue weighted by Crippen LogP contribution is 2.24. The Kier molecular flexibility index (Phi) is 4.16. The molecular weight excluding hydrogens is 248 g/mol. The first kappa shape index (κ1) is 13.3. The number of aliphatic hydroxyl groups is 1. The number of hydrogen-bond donors (Lipinski definition) is 2. The fraction of sp³-hybridized carbons (Fsp3) is 0.462. The smallest absolute Gasteiger partial charge is 0.162 e. The number of hydrogen-bond acceptors (Lipinski definition) is 5. The van der Waals surface area contributed by atoms with E-state index in [0.29, 0.717) is 6.54 Å². The lowest BCUT2D eigenvalue weighted by molar-refractivity contribution is 0.168. The van der Waals surface area contributed by atoms with E-state index in [2.05, 4.69) is 17.2 Å². The molecule has 0 saturated heterocycles. The molecule has 0 aliphatic carbocycles. The van der Waals surface area contributed by atoms with Crippen molar-refractivity contribution in [1.29, 1.82) is 0 Å². The largest absolute Gasteiger partial charge is 0.462 e. The number of furan rings is 1. The van der Waals surface area contributed by atoms with Crippen LogP contribution >= 0.6 is 11.3 Å². The molecule has 0 fully saturated rings. The Labute approximate surface area is 111 Å². The number of nitrogens with one attached hydrogen (secondary N) is 1. The summed E-state index contributed by atoms with van der Waals surface area (Å²) in [5, 5.41) is 15.6. The summed E-state index contributed by atoms with van der Waals surface area (Å²) in [4.78, 5) is 4.51. The van der Waals surface area contributed by atoms with Crippen LogP contribution in [0.25, 0.3) is 10.8 Å². The first-order chi connectivity index (χ1) is 8.67. The molecule has 0 aromatic carbocycles. The molecule has 0 aliphatic heterocycles. The van der Waals surface area contributed by atoms with Gasteiger partial charge >= 0.3 is 0 Å². The Morgan fingerprint density at radius 2 is 2.39 bits per heavy atom. The van der Waals surface area contributed by atoms with E-state index < -0.39 is 0 Å². The van der Waals surface area contributed by atoms with Gasteiger partial charge in [0.1, 0.15) is 0 Å². The quantitative estimate of drug-likeness (QED) is 0.844. The molecule has 1 atom stereocenters. The van der Waals surface area contributed by atoms with E-state index in [9.17, 15) is 5.11 Å². The van der Waals surface area contributed by atoms with Gasteiger partial charge in [0.25, 0.3) is 0 Å². The normalized spacial score (nSPS) is 14.6. The molecule has 0 bridgehead atoms. The Morgan fingerprint density at radius 1 is 1.56 bits per heavy atom. The van der Waals surface area contributed by atoms with Crippen LogP contribution in [-0.2, 0) is 6.54 Å². The van der Waals surface area contributed by atoms with Crippen LogP contribution < -0.4 is 5.32 Å². The van der Waals surface area contributed by atoms with Crippen molar-refractivity contribution in [2.75, 3.05) is 6.61 Å². The first-order valence-corrected chi connectivity index (χ1v) is 6.89. The molecule has 0 radical (unpaired) electrons. The number of rotatable bonds is 6. The molecule has 18 heavy (non-hydrogen) atoms. The van der Waals surface area contributed by atoms with Crippen LogP contribution in [0, 0.1) is 0 Å². The first-order valence-electron chi connectivity index (χ1n) is 6.01. The topological polar surface area (TPSA) is 58.3 Å². The van der Waals surface area contributed by atoms with Crippen molar-refractivity contribution >= 4 is 11.3 Å². The third-order valence-electron chi connectivity index (χ3n) is 3.11. The Balaban J connectivity index is 1.99. The maximum atomic E-state index is 9.32. The molecule has 4 nitrogen and oxygen atoms in total. The molecule has 2 aromatic rings. The number of nitrogens with zero attached hydrogens (tertiary/aromatic N) is 1. The van der Waals surface area contributed by atoms with E-state index in [-0.39, 0.29) is 12.1 Å². The van der Waals surface area contributed by atoms with Crippen LogP contribution in [0.2, 0.25) is 0 Å². The zero-order valence-electron chi connectivity index (χ0n) is 10.6. The van der Waals surface area contributed by atoms with E-state index in [0.717, 1.165) is 22.9 Å². The van der Waals surface area contributed by atoms with Gasteiger partial charge < -0.3 is 14.8 Å². The number of aromatic nitrogens is 1. The van der Waals surface area contributed by atoms with Gasteiger partial charge in [0.15, 0.2) is 10.8 Å². The number of aliphatic hydroxyl groups excluding tert-OH is 1. The van der Waals surface area contributed by atoms with Crippen LogP contribution in [0.3, 0.4) is 0 Å². The minimum atomic E-state index is -0.242. The third kappa shape index (κ3) is 2.98. The molecule has 0 aliphatic rings. The van der Waals surface area contributed by atoms with Gasteiger partial charge in [0.2, 0.25) is 0 Å². The molecule has 2 heterocycles. The van der Waals surface area contributed by atoms with E-state index in [4.69, 9.17) is 4.42 Å². The molecular formula is C13H18N2O2S. The van der Waals surface area contributed by atoms with Gasteiger partial charge in [-0.05, 0) is 25.5 Å². The van der Waals surface area contributed by atoms with Crippen molar-refractivity contribution < 1.29 is 9.52 Å². The predicted molar refractivity (Wildman–Crippen MR) is 72.4 cm³/mol. The minimum absolute atomic E-state index is 0.124. The van der Waals surface area contributed by atoms with Crippen molar-refractivity contribution in [2.24, 2.45) is 0 Å². The van der Waals surface area contributed by atoms with Gasteiger partial charge in [0.05, 0.1) is 18.6 Å². The molecule has 2 rings (SSSR count). The molecule has 1 unspecified atom stereocenters. The third-order valence-corrected chi connectivity index (χ3v) is 4.01. The highest BCUT2D eigenvalue weighted by Gasteiger charge is 2.20. The summed E-state index contributed by atoms with van der Waals surface area (Å²) in [6.07, 6.45) is 2.52. The molecule has 2 N–H and O–H groups in total. The second kappa shape index (κ2) is 5.65. The van der Waals surface area contributed by atoms with Crippen LogP contribution in [0.15, 0.2) is 28.2 Å². The fourth-order valence-electron chi connectivity index (χ4n) is 1.50. The Hall–Kier alpha value is -1.17. The van der Waals surface area contributed by atoms with Gasteiger partial charge in [-0.25, -0.2) is 4.98 Å². The second-order valence-electron chi connectivity index (χ2n) is 4.55. The summed E-state index contributed by atoms with van der Waals surface area (Å²) in [5.74, 6) is 0.798. The molecule has 0 spiro atoms. The molecule has 98 valence electrons. The number of thiazole rings is 1. The summed E-state index contributed by atoms with van der Waals surface area (Å²) >= 11 is 1.57. The molecule has 5 heteroatoms. The van der Waals surface area contributed by atoms with Crippen LogP contribution in [0.5, 0.6) is 0 Å². The predicted octanol–water partition coefficient (Wildman–Crippen LogP) is 2.65. The lowest BCUT2D eigenvalue weighted by Gasteiger charge is -2.26. The zero-order valence-corrected chi connectivity index (χ0v) is 11.5. The second-order valence-corrected chi connectivity index (χ2v) is 5.41. The highest BCUT2D eigenvalue weighted by molar-refractivity contribution is 7.13. The summed E-state index contributed by atoms with van der Waals surface area (Å²) in [6.45, 7) is 4.84. The summed E-state index contributed by atoms with van der Waals surface area (Å²) in [6, 6.07) is 3.76. The average Bonchev–Trinajstić information content (AvgIpc) is 3.06. The summed E-state index contributed by atoms with van der Waals surface area (Å²) < 4.78 is 5.31. The lowest BCUT2D eigenvalue weighted by Crippen LogP contribution is -2.44. The lowest BCUT2D eigenvalue weighted by atomic mass is 10.0. The van der Waals surface area contributed by atoms with Crippen molar-refractivity contribution in [3.8, 4) is 10.8 Å². The van der Waals surface area contributed by atoms with Gasteiger partial charge in [-0.2, -0.15) is 0 Å². The maximum absolute atomic E-state index is 9.32. The van der Waals surface area contributed by atoms with E-state index in [1.54, 1.807) is 17.6 Å². The Bertz CT molecular complexity index is 475. The van der Waals surface area contributed by atoms with Gasteiger partial charge in [0, 0.05) is 17.5 Å². The van der Waals surface area contributed by atoms with Gasteiger partial charge in [-0.15, -0.1) is 11.3 Å². The van der Waals surface area contributed by atoms with E-state index in [1.165, 1.54) is 0 Å². The molecule has 0 saturated carbocycles. The van der Waals surface area contributed by atoms with Crippen LogP contribution in [-0.4, -0.2) is 22.2 Å². The summed E-state index contributed by atoms with van der Waals surface area (Å²) in [5.41, 5.74) is 0.730. The highest BCUT2D eigenvalue weighted by atomic mass is 32.1.